The predicted octanol–water partition coefficient (Wildman–Crippen LogP) is 3.42. The normalized spacial score (nSPS) is 12.5. The van der Waals surface area contributed by atoms with E-state index in [9.17, 15) is 9.18 Å². The average Bonchev–Trinajstić information content (AvgIpc) is 3.27. The molecule has 0 bridgehead atoms. The lowest BCUT2D eigenvalue weighted by molar-refractivity contribution is -0.149. The third-order valence-electron chi connectivity index (χ3n) is 4.84. The number of H-pyrrole nitrogens is 1. The molecule has 1 unspecified atom stereocenters. The SMILES string of the molecule is Cc1cc2c(F)c(Oc3ncc4c(C)c(OCC(N)C(=O)OC(C)C)cn4n3)ccc2[nH]1. The Kier molecular flexibility index (Phi) is 5.70. The summed E-state index contributed by atoms with van der Waals surface area (Å²) >= 11 is 0. The van der Waals surface area contributed by atoms with Crippen molar-refractivity contribution in [1.82, 2.24) is 19.6 Å². The number of nitrogens with one attached hydrogen (secondary N) is 1. The molecule has 4 rings (SSSR count). The van der Waals surface area contributed by atoms with Crippen molar-refractivity contribution < 1.29 is 23.4 Å². The van der Waals surface area contributed by atoms with E-state index in [1.807, 2.05) is 13.8 Å². The molecule has 0 saturated carbocycles. The van der Waals surface area contributed by atoms with Gasteiger partial charge in [0, 0.05) is 22.2 Å². The van der Waals surface area contributed by atoms with Crippen LogP contribution in [0.5, 0.6) is 17.5 Å². The number of rotatable bonds is 7. The summed E-state index contributed by atoms with van der Waals surface area (Å²) in [4.78, 5) is 19.1. The molecule has 0 aliphatic rings. The molecular weight excluding hydrogens is 417 g/mol. The molecule has 1 aromatic carbocycles. The van der Waals surface area contributed by atoms with E-state index < -0.39 is 17.8 Å². The van der Waals surface area contributed by atoms with E-state index in [1.165, 1.54) is 10.6 Å². The fourth-order valence-electron chi connectivity index (χ4n) is 3.27. The van der Waals surface area contributed by atoms with Gasteiger partial charge in [0.2, 0.25) is 0 Å². The van der Waals surface area contributed by atoms with Crippen molar-refractivity contribution in [2.45, 2.75) is 39.8 Å². The smallest absolute Gasteiger partial charge is 0.339 e. The number of carbonyl (C=O) groups is 1. The first-order valence-corrected chi connectivity index (χ1v) is 10.1. The standard InChI is InChI=1S/C22H24FN5O4/c1-11(2)31-21(29)15(24)10-30-19-9-28-17(13(19)4)8-25-22(27-28)32-18-6-5-16-14(20(18)23)7-12(3)26-16/h5-9,11,15,26H,10,24H2,1-4H3. The van der Waals surface area contributed by atoms with Crippen LogP contribution in [0.25, 0.3) is 16.4 Å². The number of esters is 1. The van der Waals surface area contributed by atoms with Crippen LogP contribution in [0, 0.1) is 19.7 Å². The van der Waals surface area contributed by atoms with Gasteiger partial charge in [-0.15, -0.1) is 5.10 Å². The first kappa shape index (κ1) is 21.6. The molecule has 0 radical (unpaired) electrons. The highest BCUT2D eigenvalue weighted by atomic mass is 19.1. The molecule has 3 aromatic heterocycles. The summed E-state index contributed by atoms with van der Waals surface area (Å²) < 4.78 is 32.7. The topological polar surface area (TPSA) is 117 Å². The van der Waals surface area contributed by atoms with E-state index in [1.54, 1.807) is 38.4 Å². The van der Waals surface area contributed by atoms with Gasteiger partial charge in [-0.25, -0.2) is 8.91 Å². The Morgan fingerprint density at radius 2 is 2.06 bits per heavy atom. The van der Waals surface area contributed by atoms with Crippen LogP contribution in [0.4, 0.5) is 4.39 Å². The van der Waals surface area contributed by atoms with Crippen molar-refractivity contribution in [1.29, 1.82) is 0 Å². The van der Waals surface area contributed by atoms with Crippen LogP contribution < -0.4 is 15.2 Å². The van der Waals surface area contributed by atoms with Gasteiger partial charge in [0.15, 0.2) is 11.6 Å². The summed E-state index contributed by atoms with van der Waals surface area (Å²) in [6, 6.07) is 4.02. The van der Waals surface area contributed by atoms with E-state index in [-0.39, 0.29) is 24.5 Å². The number of aromatic amines is 1. The van der Waals surface area contributed by atoms with E-state index >= 15 is 0 Å². The van der Waals surface area contributed by atoms with Crippen LogP contribution in [-0.4, -0.2) is 44.3 Å². The van der Waals surface area contributed by atoms with Crippen molar-refractivity contribution in [3.05, 3.63) is 47.7 Å². The second kappa shape index (κ2) is 8.46. The molecule has 4 aromatic rings. The number of benzene rings is 1. The quantitative estimate of drug-likeness (QED) is 0.422. The Morgan fingerprint density at radius 3 is 2.81 bits per heavy atom. The summed E-state index contributed by atoms with van der Waals surface area (Å²) in [5.74, 6) is -0.524. The lowest BCUT2D eigenvalue weighted by atomic mass is 10.2. The van der Waals surface area contributed by atoms with Gasteiger partial charge < -0.3 is 24.9 Å². The molecule has 0 aliphatic heterocycles. The number of fused-ring (bicyclic) bond motifs is 2. The molecule has 168 valence electrons. The monoisotopic (exact) mass is 441 g/mol. The van der Waals surface area contributed by atoms with Crippen molar-refractivity contribution in [2.24, 2.45) is 5.73 Å². The molecule has 3 N–H and O–H groups in total. The summed E-state index contributed by atoms with van der Waals surface area (Å²) in [6.07, 6.45) is 2.91. The molecule has 0 spiro atoms. The Balaban J connectivity index is 1.52. The Labute approximate surface area is 183 Å². The zero-order valence-electron chi connectivity index (χ0n) is 18.2. The molecule has 32 heavy (non-hydrogen) atoms. The number of nitrogens with zero attached hydrogens (tertiary/aromatic N) is 3. The summed E-state index contributed by atoms with van der Waals surface area (Å²) in [5.41, 5.74) is 8.79. The van der Waals surface area contributed by atoms with Crippen molar-refractivity contribution >= 4 is 22.4 Å². The maximum absolute atomic E-state index is 14.8. The molecular formula is C22H24FN5O4. The molecule has 1 atom stereocenters. The Hall–Kier alpha value is -3.66. The highest BCUT2D eigenvalue weighted by Crippen LogP contribution is 2.30. The van der Waals surface area contributed by atoms with Gasteiger partial charge in [0.25, 0.3) is 0 Å². The largest absolute Gasteiger partial charge is 0.489 e. The molecule has 0 saturated heterocycles. The summed E-state index contributed by atoms with van der Waals surface area (Å²) in [6.45, 7) is 7.12. The van der Waals surface area contributed by atoms with Crippen molar-refractivity contribution in [2.75, 3.05) is 6.61 Å². The number of aryl methyl sites for hydroxylation is 2. The van der Waals surface area contributed by atoms with Crippen molar-refractivity contribution in [3.63, 3.8) is 0 Å². The first-order chi connectivity index (χ1) is 15.2. The number of hydrogen-bond donors (Lipinski definition) is 2. The fourth-order valence-corrected chi connectivity index (χ4v) is 3.27. The van der Waals surface area contributed by atoms with Crippen LogP contribution in [0.15, 0.2) is 30.6 Å². The van der Waals surface area contributed by atoms with Gasteiger partial charge in [0.05, 0.1) is 24.0 Å². The fraction of sp³-hybridized carbons (Fsp3) is 0.318. The number of nitrogens with two attached hydrogens (primary N) is 1. The molecule has 3 heterocycles. The number of halogens is 1. The molecule has 9 nitrogen and oxygen atoms in total. The van der Waals surface area contributed by atoms with E-state index in [0.717, 1.165) is 11.3 Å². The van der Waals surface area contributed by atoms with Gasteiger partial charge in [0.1, 0.15) is 18.4 Å². The molecule has 0 fully saturated rings. The average molecular weight is 441 g/mol. The van der Waals surface area contributed by atoms with Crippen LogP contribution >= 0.6 is 0 Å². The Bertz CT molecular complexity index is 1300. The molecule has 0 aliphatic carbocycles. The zero-order valence-corrected chi connectivity index (χ0v) is 18.2. The van der Waals surface area contributed by atoms with Gasteiger partial charge in [-0.05, 0) is 45.9 Å². The second-order valence-corrected chi connectivity index (χ2v) is 7.79. The number of carbonyl (C=O) groups excluding carboxylic acids is 1. The van der Waals surface area contributed by atoms with Crippen molar-refractivity contribution in [3.8, 4) is 17.5 Å². The minimum Gasteiger partial charge on any atom is -0.489 e. The number of ether oxygens (including phenoxy) is 3. The van der Waals surface area contributed by atoms with Gasteiger partial charge in [-0.3, -0.25) is 4.79 Å². The van der Waals surface area contributed by atoms with Crippen LogP contribution in [0.1, 0.15) is 25.1 Å². The maximum atomic E-state index is 14.8. The number of hydrogen-bond acceptors (Lipinski definition) is 7. The number of aromatic nitrogens is 4. The van der Waals surface area contributed by atoms with Gasteiger partial charge in [-0.1, -0.05) is 0 Å². The minimum atomic E-state index is -0.917. The highest BCUT2D eigenvalue weighted by Gasteiger charge is 2.19. The van der Waals surface area contributed by atoms with Crippen LogP contribution in [0.3, 0.4) is 0 Å². The third kappa shape index (κ3) is 4.22. The lowest BCUT2D eigenvalue weighted by Gasteiger charge is -2.14. The predicted molar refractivity (Wildman–Crippen MR) is 115 cm³/mol. The highest BCUT2D eigenvalue weighted by molar-refractivity contribution is 5.82. The summed E-state index contributed by atoms with van der Waals surface area (Å²) in [5, 5.41) is 4.72. The van der Waals surface area contributed by atoms with E-state index in [4.69, 9.17) is 19.9 Å². The zero-order chi connectivity index (χ0) is 23.0. The summed E-state index contributed by atoms with van der Waals surface area (Å²) in [7, 11) is 0. The van der Waals surface area contributed by atoms with Gasteiger partial charge in [-0.2, -0.15) is 4.98 Å². The minimum absolute atomic E-state index is 0.0193. The van der Waals surface area contributed by atoms with Gasteiger partial charge >= 0.3 is 12.0 Å². The maximum Gasteiger partial charge on any atom is 0.339 e. The first-order valence-electron chi connectivity index (χ1n) is 10.1. The second-order valence-electron chi connectivity index (χ2n) is 7.79. The Morgan fingerprint density at radius 1 is 1.28 bits per heavy atom. The molecule has 10 heteroatoms. The van der Waals surface area contributed by atoms with E-state index in [0.29, 0.717) is 22.2 Å². The lowest BCUT2D eigenvalue weighted by Crippen LogP contribution is -2.38. The van der Waals surface area contributed by atoms with E-state index in [2.05, 4.69) is 15.1 Å². The third-order valence-corrected chi connectivity index (χ3v) is 4.84. The van der Waals surface area contributed by atoms with Crippen LogP contribution in [0.2, 0.25) is 0 Å². The van der Waals surface area contributed by atoms with Crippen LogP contribution in [-0.2, 0) is 9.53 Å². The molecule has 0 amide bonds.